The van der Waals surface area contributed by atoms with Gasteiger partial charge in [0.25, 0.3) is 0 Å². The number of piperidine rings is 3. The van der Waals surface area contributed by atoms with Gasteiger partial charge in [0.15, 0.2) is 0 Å². The van der Waals surface area contributed by atoms with Crippen molar-refractivity contribution in [2.24, 2.45) is 45.3 Å². The second-order valence-electron chi connectivity index (χ2n) is 20.9. The first-order valence-electron chi connectivity index (χ1n) is 22.1. The van der Waals surface area contributed by atoms with Crippen LogP contribution in [0.5, 0.6) is 0 Å². The van der Waals surface area contributed by atoms with Crippen molar-refractivity contribution in [3.05, 3.63) is 0 Å². The molecule has 7 heterocycles. The molecular formula is C44H77F3N4. The summed E-state index contributed by atoms with van der Waals surface area (Å²) in [6, 6.07) is 1.94. The topological polar surface area (TPSA) is 13.0 Å². The molecule has 7 heteroatoms. The average molecular weight is 719 g/mol. The fourth-order valence-electron chi connectivity index (χ4n) is 13.9. The van der Waals surface area contributed by atoms with E-state index in [1.54, 1.807) is 0 Å². The smallest absolute Gasteiger partial charge is 0.301 e. The van der Waals surface area contributed by atoms with E-state index in [4.69, 9.17) is 0 Å². The third-order valence-corrected chi connectivity index (χ3v) is 18.2. The van der Waals surface area contributed by atoms with Gasteiger partial charge in [-0.2, -0.15) is 13.2 Å². The molecule has 4 bridgehead atoms. The first-order valence-corrected chi connectivity index (χ1v) is 22.1. The minimum atomic E-state index is -4.11. The molecule has 0 aromatic rings. The predicted octanol–water partition coefficient (Wildman–Crippen LogP) is 10.1. The molecule has 7 saturated heterocycles. The molecular weight excluding hydrogens is 642 g/mol. The second-order valence-corrected chi connectivity index (χ2v) is 20.9. The van der Waals surface area contributed by atoms with Crippen LogP contribution in [-0.4, -0.2) is 102 Å². The molecule has 4 nitrogen and oxygen atoms in total. The number of hydrogen-bond donors (Lipinski definition) is 0. The van der Waals surface area contributed by atoms with Crippen molar-refractivity contribution in [2.75, 3.05) is 52.4 Å². The lowest BCUT2D eigenvalue weighted by atomic mass is 9.51. The molecule has 51 heavy (non-hydrogen) atoms. The lowest BCUT2D eigenvalue weighted by Gasteiger charge is -2.64. The van der Waals surface area contributed by atoms with Crippen LogP contribution in [0.3, 0.4) is 0 Å². The van der Waals surface area contributed by atoms with Gasteiger partial charge in [-0.05, 0) is 190 Å². The number of hydrogen-bond acceptors (Lipinski definition) is 4. The second kappa shape index (κ2) is 14.6. The zero-order valence-electron chi connectivity index (χ0n) is 34.0. The largest absolute Gasteiger partial charge is 0.394 e. The Labute approximate surface area is 311 Å². The summed E-state index contributed by atoms with van der Waals surface area (Å²) in [5.41, 5.74) is -0.0679. The van der Waals surface area contributed by atoms with Gasteiger partial charge in [-0.1, -0.05) is 53.9 Å². The van der Waals surface area contributed by atoms with E-state index in [-0.39, 0.29) is 12.8 Å². The van der Waals surface area contributed by atoms with Crippen LogP contribution in [0, 0.1) is 45.3 Å². The molecule has 294 valence electrons. The van der Waals surface area contributed by atoms with Gasteiger partial charge in [0.05, 0.1) is 5.41 Å². The summed E-state index contributed by atoms with van der Waals surface area (Å²) in [5, 5.41) is 0. The molecule has 3 aliphatic carbocycles. The Morgan fingerprint density at radius 2 is 1.31 bits per heavy atom. The van der Waals surface area contributed by atoms with Gasteiger partial charge in [0.2, 0.25) is 0 Å². The van der Waals surface area contributed by atoms with Crippen molar-refractivity contribution in [3.8, 4) is 0 Å². The maximum absolute atomic E-state index is 14.1. The summed E-state index contributed by atoms with van der Waals surface area (Å²) in [6.45, 7) is 25.2. The van der Waals surface area contributed by atoms with E-state index in [0.29, 0.717) is 71.3 Å². The van der Waals surface area contributed by atoms with Gasteiger partial charge in [0, 0.05) is 24.2 Å². The highest BCUT2D eigenvalue weighted by molar-refractivity contribution is 5.11. The quantitative estimate of drug-likeness (QED) is 0.211. The van der Waals surface area contributed by atoms with Crippen LogP contribution in [0.1, 0.15) is 151 Å². The van der Waals surface area contributed by atoms with Crippen molar-refractivity contribution in [2.45, 2.75) is 182 Å². The number of likely N-dealkylation sites (tertiary alicyclic amines) is 2. The Hall–Kier alpha value is -0.370. The summed E-state index contributed by atoms with van der Waals surface area (Å²) in [4.78, 5) is 11.4. The Balaban J connectivity index is 1.18. The zero-order valence-corrected chi connectivity index (χ0v) is 34.0. The Morgan fingerprint density at radius 1 is 0.725 bits per heavy atom. The van der Waals surface area contributed by atoms with Crippen LogP contribution in [0.25, 0.3) is 0 Å². The summed E-state index contributed by atoms with van der Waals surface area (Å²) in [7, 11) is 0. The molecule has 1 spiro atoms. The maximum Gasteiger partial charge on any atom is 0.394 e. The van der Waals surface area contributed by atoms with Gasteiger partial charge in [0.1, 0.15) is 0 Å². The average Bonchev–Trinajstić information content (AvgIpc) is 3.52. The summed E-state index contributed by atoms with van der Waals surface area (Å²) < 4.78 is 42.3. The van der Waals surface area contributed by atoms with Crippen LogP contribution in [0.2, 0.25) is 0 Å². The van der Waals surface area contributed by atoms with Crippen molar-refractivity contribution in [1.29, 1.82) is 0 Å². The Kier molecular flexibility index (Phi) is 11.1. The van der Waals surface area contributed by atoms with E-state index in [2.05, 4.69) is 61.1 Å². The summed E-state index contributed by atoms with van der Waals surface area (Å²) in [6.07, 6.45) is 15.7. The van der Waals surface area contributed by atoms with Gasteiger partial charge in [-0.3, -0.25) is 9.80 Å². The number of nitrogens with zero attached hydrogens (tertiary/aromatic N) is 4. The number of alkyl halides is 3. The van der Waals surface area contributed by atoms with E-state index in [0.717, 1.165) is 12.5 Å². The lowest BCUT2D eigenvalue weighted by Crippen LogP contribution is -2.68. The van der Waals surface area contributed by atoms with Crippen molar-refractivity contribution in [3.63, 3.8) is 0 Å². The monoisotopic (exact) mass is 719 g/mol. The molecule has 10 aliphatic rings. The molecule has 10 fully saturated rings. The molecule has 0 radical (unpaired) electrons. The molecule has 3 saturated carbocycles. The third-order valence-electron chi connectivity index (χ3n) is 18.2. The predicted molar refractivity (Wildman–Crippen MR) is 205 cm³/mol. The van der Waals surface area contributed by atoms with Crippen LogP contribution < -0.4 is 0 Å². The van der Waals surface area contributed by atoms with Crippen LogP contribution in [0.15, 0.2) is 0 Å². The number of halogens is 3. The molecule has 0 amide bonds. The van der Waals surface area contributed by atoms with Crippen molar-refractivity contribution < 1.29 is 13.2 Å². The van der Waals surface area contributed by atoms with Crippen molar-refractivity contribution >= 4 is 0 Å². The number of rotatable bonds is 11. The van der Waals surface area contributed by atoms with Crippen molar-refractivity contribution in [1.82, 2.24) is 19.6 Å². The highest BCUT2D eigenvalue weighted by Gasteiger charge is 2.59. The lowest BCUT2D eigenvalue weighted by molar-refractivity contribution is -0.233. The fraction of sp³-hybridized carbons (Fsp3) is 1.00. The van der Waals surface area contributed by atoms with E-state index < -0.39 is 11.6 Å². The third kappa shape index (κ3) is 7.37. The fourth-order valence-corrected chi connectivity index (χ4v) is 13.9. The standard InChI is InChI=1S/C44H77F3N4/c1-8-48(25-18-40(5)14-9-10-15-40)33(3)32(2)38(51-28-21-43(22-29-51)16-11-17-43)37-31-41(6)30-36(39(37)50-23-12-35(41)13-24-50)34(4)49-26-19-42(7,20-27-49)44(45,46)47/h32-39H,8-31H2,1-7H3. The van der Waals surface area contributed by atoms with Gasteiger partial charge in [-0.25, -0.2) is 0 Å². The zero-order chi connectivity index (χ0) is 36.4. The van der Waals surface area contributed by atoms with E-state index in [1.165, 1.54) is 130 Å². The highest BCUT2D eigenvalue weighted by atomic mass is 19.4. The first kappa shape index (κ1) is 38.9. The molecule has 0 N–H and O–H groups in total. The maximum atomic E-state index is 14.1. The van der Waals surface area contributed by atoms with Gasteiger partial charge in [-0.15, -0.1) is 0 Å². The van der Waals surface area contributed by atoms with Gasteiger partial charge >= 0.3 is 6.18 Å². The van der Waals surface area contributed by atoms with E-state index >= 15 is 0 Å². The summed E-state index contributed by atoms with van der Waals surface area (Å²) in [5.74, 6) is 2.48. The molecule has 7 aliphatic heterocycles. The minimum Gasteiger partial charge on any atom is -0.301 e. The Morgan fingerprint density at radius 3 is 1.86 bits per heavy atom. The van der Waals surface area contributed by atoms with Crippen LogP contribution >= 0.6 is 0 Å². The molecule has 8 atom stereocenters. The van der Waals surface area contributed by atoms with Crippen LogP contribution in [0.4, 0.5) is 13.2 Å². The molecule has 0 aromatic heterocycles. The SMILES string of the molecule is CCN(CCC1(C)CCCC1)C(C)C(C)C(C1CC2(C)CC(C(C)N3CCC(C)(C(F)(F)F)CC3)C1N1CCC2CC1)N1CCC2(CCC2)CC1. The van der Waals surface area contributed by atoms with Gasteiger partial charge < -0.3 is 9.80 Å². The molecule has 0 aromatic carbocycles. The van der Waals surface area contributed by atoms with E-state index in [9.17, 15) is 13.2 Å². The molecule has 10 rings (SSSR count). The minimum absolute atomic E-state index is 0.240. The first-order chi connectivity index (χ1) is 24.1. The highest BCUT2D eigenvalue weighted by Crippen LogP contribution is 2.59. The Bertz CT molecular complexity index is 1150. The van der Waals surface area contributed by atoms with E-state index in [1.807, 2.05) is 0 Å². The summed E-state index contributed by atoms with van der Waals surface area (Å²) >= 11 is 0. The molecule has 8 unspecified atom stereocenters. The normalized spacial score (nSPS) is 39.0. The van der Waals surface area contributed by atoms with Crippen LogP contribution in [-0.2, 0) is 0 Å².